The van der Waals surface area contributed by atoms with E-state index in [0.717, 1.165) is 18.7 Å². The number of carbonyl (C=O) groups is 4. The van der Waals surface area contributed by atoms with Crippen LogP contribution in [0.25, 0.3) is 0 Å². The van der Waals surface area contributed by atoms with E-state index in [2.05, 4.69) is 4.90 Å². The minimum atomic E-state index is -1.32. The van der Waals surface area contributed by atoms with E-state index in [1.165, 1.54) is 0 Å². The van der Waals surface area contributed by atoms with E-state index in [1.54, 1.807) is 27.8 Å². The van der Waals surface area contributed by atoms with Crippen LogP contribution in [0.3, 0.4) is 0 Å². The molecule has 5 heterocycles. The zero-order chi connectivity index (χ0) is 33.8. The predicted octanol–water partition coefficient (Wildman–Crippen LogP) is 1.55. The SMILES string of the molecule is C[C@H]1[C@H](c2ccccc2)OC(=O)[C@@H]2[C@H]3C(=O)N(CCCCO)[C@H](C(=O)N(CCN4CCOCC4)C/C=C\CCC(=O)N1C)[C@]31C=C[C@H]2O1. The molecule has 3 fully saturated rings. The van der Waals surface area contributed by atoms with Gasteiger partial charge in [-0.05, 0) is 31.7 Å². The van der Waals surface area contributed by atoms with Gasteiger partial charge in [0.25, 0.3) is 0 Å². The second-order valence-electron chi connectivity index (χ2n) is 13.4. The lowest BCUT2D eigenvalue weighted by Crippen LogP contribution is -2.57. The maximum absolute atomic E-state index is 14.8. The highest BCUT2D eigenvalue weighted by atomic mass is 16.6. The quantitative estimate of drug-likeness (QED) is 0.250. The second kappa shape index (κ2) is 14.9. The van der Waals surface area contributed by atoms with Crippen LogP contribution in [0.2, 0.25) is 0 Å². The summed E-state index contributed by atoms with van der Waals surface area (Å²) in [5, 5.41) is 9.52. The number of ether oxygens (including phenoxy) is 3. The molecule has 1 aromatic carbocycles. The largest absolute Gasteiger partial charge is 0.455 e. The summed E-state index contributed by atoms with van der Waals surface area (Å²) in [5.74, 6) is -3.15. The lowest BCUT2D eigenvalue weighted by Gasteiger charge is -2.37. The van der Waals surface area contributed by atoms with Gasteiger partial charge in [0.1, 0.15) is 23.7 Å². The van der Waals surface area contributed by atoms with Crippen molar-refractivity contribution in [3.05, 3.63) is 60.2 Å². The minimum absolute atomic E-state index is 0.0326. The molecule has 3 saturated heterocycles. The van der Waals surface area contributed by atoms with Crippen LogP contribution in [0.5, 0.6) is 0 Å². The molecule has 1 N–H and O–H groups in total. The molecule has 1 spiro atoms. The van der Waals surface area contributed by atoms with E-state index in [1.807, 2.05) is 55.5 Å². The Labute approximate surface area is 282 Å². The van der Waals surface area contributed by atoms with Gasteiger partial charge in [-0.3, -0.25) is 24.1 Å². The lowest BCUT2D eigenvalue weighted by molar-refractivity contribution is -0.164. The fourth-order valence-corrected chi connectivity index (χ4v) is 7.83. The van der Waals surface area contributed by atoms with E-state index in [-0.39, 0.29) is 37.3 Å². The van der Waals surface area contributed by atoms with Crippen LogP contribution >= 0.6 is 0 Å². The van der Waals surface area contributed by atoms with Gasteiger partial charge in [0.05, 0.1) is 31.3 Å². The smallest absolute Gasteiger partial charge is 0.313 e. The molecular weight excluding hydrogens is 616 g/mol. The Kier molecular flexibility index (Phi) is 10.6. The maximum atomic E-state index is 14.8. The van der Waals surface area contributed by atoms with Gasteiger partial charge in [-0.25, -0.2) is 0 Å². The Balaban J connectivity index is 1.37. The molecule has 0 saturated carbocycles. The molecule has 5 aliphatic heterocycles. The molecule has 0 aromatic heterocycles. The van der Waals surface area contributed by atoms with Crippen LogP contribution in [0, 0.1) is 11.8 Å². The number of aliphatic hydroxyl groups is 1. The number of unbranched alkanes of at least 4 members (excludes halogenated alkanes) is 1. The Bertz CT molecular complexity index is 1400. The van der Waals surface area contributed by atoms with Crippen LogP contribution < -0.4 is 0 Å². The Morgan fingerprint density at radius 1 is 0.958 bits per heavy atom. The van der Waals surface area contributed by atoms with Crippen LogP contribution in [-0.2, 0) is 33.4 Å². The third-order valence-corrected chi connectivity index (χ3v) is 10.6. The van der Waals surface area contributed by atoms with E-state index in [4.69, 9.17) is 14.2 Å². The predicted molar refractivity (Wildman–Crippen MR) is 175 cm³/mol. The average Bonchev–Trinajstić information content (AvgIpc) is 3.75. The molecular formula is C36H48N4O8. The molecule has 0 radical (unpaired) electrons. The van der Waals surface area contributed by atoms with Gasteiger partial charge in [-0.15, -0.1) is 0 Å². The van der Waals surface area contributed by atoms with Crippen LogP contribution in [0.15, 0.2) is 54.6 Å². The summed E-state index contributed by atoms with van der Waals surface area (Å²) in [6.45, 7) is 6.26. The molecule has 5 bridgehead atoms. The summed E-state index contributed by atoms with van der Waals surface area (Å²) in [4.78, 5) is 64.0. The molecule has 12 heteroatoms. The molecule has 3 amide bonds. The normalized spacial score (nSPS) is 33.8. The number of cyclic esters (lactones) is 1. The maximum Gasteiger partial charge on any atom is 0.313 e. The topological polar surface area (TPSA) is 129 Å². The fraction of sp³-hybridized carbons (Fsp3) is 0.611. The number of likely N-dealkylation sites (N-methyl/N-ethyl adjacent to an activating group) is 1. The Morgan fingerprint density at radius 2 is 1.73 bits per heavy atom. The van der Waals surface area contributed by atoms with E-state index < -0.39 is 47.7 Å². The molecule has 0 unspecified atom stereocenters. The first-order chi connectivity index (χ1) is 23.3. The summed E-state index contributed by atoms with van der Waals surface area (Å²) in [6, 6.07) is 7.84. The highest BCUT2D eigenvalue weighted by Crippen LogP contribution is 2.56. The summed E-state index contributed by atoms with van der Waals surface area (Å²) in [5.41, 5.74) is -0.588. The Hall–Kier alpha value is -3.58. The van der Waals surface area contributed by atoms with Crippen molar-refractivity contribution in [2.45, 2.75) is 62.5 Å². The number of benzene rings is 1. The van der Waals surface area contributed by atoms with Crippen molar-refractivity contribution < 1.29 is 38.5 Å². The summed E-state index contributed by atoms with van der Waals surface area (Å²) < 4.78 is 18.4. The first kappa shape index (κ1) is 34.3. The number of aliphatic hydroxyl groups excluding tert-OH is 1. The highest BCUT2D eigenvalue weighted by Gasteiger charge is 2.73. The van der Waals surface area contributed by atoms with Crippen molar-refractivity contribution in [2.24, 2.45) is 11.8 Å². The second-order valence-corrected chi connectivity index (χ2v) is 13.4. The monoisotopic (exact) mass is 664 g/mol. The molecule has 6 rings (SSSR count). The van der Waals surface area contributed by atoms with E-state index in [9.17, 15) is 24.3 Å². The third kappa shape index (κ3) is 6.55. The lowest BCUT2D eigenvalue weighted by atomic mass is 9.74. The van der Waals surface area contributed by atoms with Gasteiger partial charge in [0.15, 0.2) is 0 Å². The molecule has 48 heavy (non-hydrogen) atoms. The number of hydrogen-bond donors (Lipinski definition) is 1. The number of hydrogen-bond acceptors (Lipinski definition) is 9. The molecule has 12 nitrogen and oxygen atoms in total. The summed E-state index contributed by atoms with van der Waals surface area (Å²) in [6.07, 6.45) is 7.63. The molecule has 1 aromatic rings. The van der Waals surface area contributed by atoms with Crippen molar-refractivity contribution in [2.75, 3.05) is 66.1 Å². The van der Waals surface area contributed by atoms with Crippen molar-refractivity contribution in [1.29, 1.82) is 0 Å². The zero-order valence-electron chi connectivity index (χ0n) is 27.9. The molecule has 7 atom stereocenters. The van der Waals surface area contributed by atoms with Crippen molar-refractivity contribution in [3.63, 3.8) is 0 Å². The number of allylic oxidation sites excluding steroid dienone is 1. The van der Waals surface area contributed by atoms with E-state index in [0.29, 0.717) is 52.1 Å². The highest BCUT2D eigenvalue weighted by molar-refractivity contribution is 5.99. The number of fused-ring (bicyclic) bond motifs is 2. The standard InChI is InChI=1S/C36H48N4O8/c1-25-31(26-11-5-3-6-12-26)47-35(45)29-27-14-15-36(48-27)30(29)33(43)40(17-9-10-22-41)32(36)34(44)39(19-18-38-20-23-46-24-21-38)16-8-4-7-13-28(42)37(25)2/h3-6,8,11-12,14-15,25,27,29-32,41H,7,9-10,13,16-24H2,1-2H3/b8-4-/t25-,27+,29-,30-,31+,32+,36-/m0/s1. The van der Waals surface area contributed by atoms with E-state index >= 15 is 0 Å². The number of esters is 1. The number of nitrogens with zero attached hydrogens (tertiary/aromatic N) is 4. The first-order valence-electron chi connectivity index (χ1n) is 17.3. The van der Waals surface area contributed by atoms with Gasteiger partial charge in [-0.2, -0.15) is 0 Å². The van der Waals surface area contributed by atoms with Gasteiger partial charge < -0.3 is 34.0 Å². The third-order valence-electron chi connectivity index (χ3n) is 10.6. The summed E-state index contributed by atoms with van der Waals surface area (Å²) in [7, 11) is 1.72. The number of likely N-dealkylation sites (tertiary alicyclic amines) is 1. The van der Waals surface area contributed by atoms with Gasteiger partial charge in [0, 0.05) is 59.3 Å². The minimum Gasteiger partial charge on any atom is -0.455 e. The first-order valence-corrected chi connectivity index (χ1v) is 17.3. The molecule has 260 valence electrons. The van der Waals surface area contributed by atoms with Crippen LogP contribution in [0.4, 0.5) is 0 Å². The van der Waals surface area contributed by atoms with Crippen molar-refractivity contribution >= 4 is 23.7 Å². The van der Waals surface area contributed by atoms with Gasteiger partial charge in [0.2, 0.25) is 17.7 Å². The van der Waals surface area contributed by atoms with Crippen LogP contribution in [-0.4, -0.2) is 138 Å². The molecule has 0 aliphatic carbocycles. The fourth-order valence-electron chi connectivity index (χ4n) is 7.83. The summed E-state index contributed by atoms with van der Waals surface area (Å²) >= 11 is 0. The molecule has 5 aliphatic rings. The number of amides is 3. The van der Waals surface area contributed by atoms with Crippen molar-refractivity contribution in [3.8, 4) is 0 Å². The zero-order valence-corrected chi connectivity index (χ0v) is 27.9. The average molecular weight is 665 g/mol. The number of morpholine rings is 1. The van der Waals surface area contributed by atoms with Gasteiger partial charge >= 0.3 is 5.97 Å². The van der Waals surface area contributed by atoms with Crippen molar-refractivity contribution in [1.82, 2.24) is 19.6 Å². The number of rotatable bonds is 8. The van der Waals surface area contributed by atoms with Gasteiger partial charge in [-0.1, -0.05) is 54.6 Å². The number of carbonyl (C=O) groups excluding carboxylic acids is 4. The van der Waals surface area contributed by atoms with Crippen LogP contribution in [0.1, 0.15) is 44.3 Å². The Morgan fingerprint density at radius 3 is 2.48 bits per heavy atom.